The van der Waals surface area contributed by atoms with Crippen LogP contribution < -0.4 is 5.73 Å². The molecule has 27 heavy (non-hydrogen) atoms. The maximum atomic E-state index is 14.3. The van der Waals surface area contributed by atoms with Crippen molar-refractivity contribution in [1.82, 2.24) is 0 Å². The van der Waals surface area contributed by atoms with Crippen molar-refractivity contribution < 1.29 is 26.0 Å². The Morgan fingerprint density at radius 3 is 2.41 bits per heavy atom. The minimum absolute atomic E-state index is 0.0389. The first-order valence-electron chi connectivity index (χ1n) is 8.27. The van der Waals surface area contributed by atoms with E-state index >= 15 is 0 Å². The van der Waals surface area contributed by atoms with Crippen molar-refractivity contribution >= 4 is 31.6 Å². The number of nitrogens with zero attached hydrogens (tertiary/aromatic N) is 1. The number of amidine groups is 1. The van der Waals surface area contributed by atoms with Gasteiger partial charge < -0.3 is 5.73 Å². The van der Waals surface area contributed by atoms with Gasteiger partial charge in [-0.2, -0.15) is 13.2 Å². The van der Waals surface area contributed by atoms with E-state index in [1.54, 1.807) is 0 Å². The van der Waals surface area contributed by atoms with Crippen molar-refractivity contribution in [2.45, 2.75) is 50.1 Å². The highest BCUT2D eigenvalue weighted by Crippen LogP contribution is 2.49. The molecule has 1 aromatic rings. The summed E-state index contributed by atoms with van der Waals surface area (Å²) in [5, 5.41) is 0. The van der Waals surface area contributed by atoms with Gasteiger partial charge in [-0.25, -0.2) is 17.8 Å². The second-order valence-electron chi connectivity index (χ2n) is 7.40. The van der Waals surface area contributed by atoms with Gasteiger partial charge in [-0.15, -0.1) is 0 Å². The predicted molar refractivity (Wildman–Crippen MR) is 99.7 cm³/mol. The highest BCUT2D eigenvalue weighted by Gasteiger charge is 2.65. The molecule has 0 aliphatic carbocycles. The first-order chi connectivity index (χ1) is 12.2. The monoisotopic (exact) mass is 472 g/mol. The van der Waals surface area contributed by atoms with Crippen LogP contribution in [-0.4, -0.2) is 30.9 Å². The Morgan fingerprint density at radius 1 is 1.33 bits per heavy atom. The molecule has 0 fully saturated rings. The lowest BCUT2D eigenvalue weighted by molar-refractivity contribution is -0.183. The lowest BCUT2D eigenvalue weighted by Crippen LogP contribution is -2.61. The van der Waals surface area contributed by atoms with E-state index in [9.17, 15) is 26.0 Å². The molecule has 1 aliphatic rings. The van der Waals surface area contributed by atoms with E-state index < -0.39 is 49.3 Å². The Bertz CT molecular complexity index is 870. The molecule has 2 atom stereocenters. The zero-order chi connectivity index (χ0) is 20.8. The summed E-state index contributed by atoms with van der Waals surface area (Å²) in [6.45, 7) is 5.01. The lowest BCUT2D eigenvalue weighted by atomic mass is 9.89. The molecule has 1 heterocycles. The Balaban J connectivity index is 2.76. The fourth-order valence-corrected chi connectivity index (χ4v) is 5.45. The van der Waals surface area contributed by atoms with E-state index in [4.69, 9.17) is 5.73 Å². The molecule has 0 amide bonds. The van der Waals surface area contributed by atoms with E-state index in [0.717, 1.165) is 12.1 Å². The fourth-order valence-electron chi connectivity index (χ4n) is 3.05. The van der Waals surface area contributed by atoms with Crippen molar-refractivity contribution in [2.75, 3.05) is 5.75 Å². The van der Waals surface area contributed by atoms with Gasteiger partial charge in [0.1, 0.15) is 16.4 Å². The van der Waals surface area contributed by atoms with Crippen LogP contribution in [0.5, 0.6) is 0 Å². The van der Waals surface area contributed by atoms with Gasteiger partial charge >= 0.3 is 6.18 Å². The number of alkyl halides is 3. The molecule has 1 aliphatic heterocycles. The van der Waals surface area contributed by atoms with Gasteiger partial charge in [-0.05, 0) is 43.9 Å². The standard InChI is InChI=1S/C17H21BrF4N2O2S/c1-10(2)6-7-15(3)14(23)24-16(17(20,21)22,9-27(15,25)26)12-8-11(18)4-5-13(12)19/h4-5,8,10H,6-7,9H2,1-3H3,(H2,23,24). The Kier molecular flexibility index (Phi) is 5.76. The van der Waals surface area contributed by atoms with Crippen LogP contribution in [0.1, 0.15) is 39.2 Å². The largest absolute Gasteiger partial charge is 0.418 e. The van der Waals surface area contributed by atoms with E-state index in [2.05, 4.69) is 20.9 Å². The minimum Gasteiger partial charge on any atom is -0.386 e. The summed E-state index contributed by atoms with van der Waals surface area (Å²) >= 11 is 3.00. The molecule has 10 heteroatoms. The van der Waals surface area contributed by atoms with E-state index in [1.807, 2.05) is 13.8 Å². The molecule has 152 valence electrons. The molecular weight excluding hydrogens is 452 g/mol. The topological polar surface area (TPSA) is 72.5 Å². The molecule has 2 unspecified atom stereocenters. The summed E-state index contributed by atoms with van der Waals surface area (Å²) < 4.78 is 80.9. The summed E-state index contributed by atoms with van der Waals surface area (Å²) in [5.74, 6) is -3.12. The highest BCUT2D eigenvalue weighted by molar-refractivity contribution is 9.10. The van der Waals surface area contributed by atoms with Gasteiger partial charge in [0, 0.05) is 10.0 Å². The van der Waals surface area contributed by atoms with Gasteiger partial charge in [-0.1, -0.05) is 29.8 Å². The summed E-state index contributed by atoms with van der Waals surface area (Å²) in [4.78, 5) is 3.61. The lowest BCUT2D eigenvalue weighted by Gasteiger charge is -2.42. The van der Waals surface area contributed by atoms with Gasteiger partial charge in [0.2, 0.25) is 0 Å². The van der Waals surface area contributed by atoms with E-state index in [0.29, 0.717) is 6.42 Å². The normalized spacial score (nSPS) is 28.3. The third kappa shape index (κ3) is 3.74. The zero-order valence-corrected chi connectivity index (χ0v) is 17.5. The van der Waals surface area contributed by atoms with Crippen molar-refractivity contribution in [1.29, 1.82) is 0 Å². The maximum absolute atomic E-state index is 14.3. The van der Waals surface area contributed by atoms with Crippen molar-refractivity contribution in [3.05, 3.63) is 34.1 Å². The van der Waals surface area contributed by atoms with Crippen molar-refractivity contribution in [2.24, 2.45) is 16.6 Å². The van der Waals surface area contributed by atoms with Crippen LogP contribution in [0, 0.1) is 11.7 Å². The first kappa shape index (κ1) is 22.1. The average Bonchev–Trinajstić information content (AvgIpc) is 2.51. The molecule has 0 saturated heterocycles. The van der Waals surface area contributed by atoms with Gasteiger partial charge in [-0.3, -0.25) is 0 Å². The second kappa shape index (κ2) is 7.02. The Labute approximate surface area is 164 Å². The average molecular weight is 473 g/mol. The minimum atomic E-state index is -5.16. The van der Waals surface area contributed by atoms with Gasteiger partial charge in [0.15, 0.2) is 15.4 Å². The first-order valence-corrected chi connectivity index (χ1v) is 10.7. The van der Waals surface area contributed by atoms with E-state index in [-0.39, 0.29) is 16.8 Å². The van der Waals surface area contributed by atoms with E-state index in [1.165, 1.54) is 13.0 Å². The highest BCUT2D eigenvalue weighted by atomic mass is 79.9. The third-order valence-corrected chi connectivity index (χ3v) is 8.06. The van der Waals surface area contributed by atoms with Crippen molar-refractivity contribution in [3.8, 4) is 0 Å². The number of hydrogen-bond donors (Lipinski definition) is 1. The van der Waals surface area contributed by atoms with Crippen LogP contribution in [0.15, 0.2) is 27.7 Å². The summed E-state index contributed by atoms with van der Waals surface area (Å²) in [6.07, 6.45) is -4.68. The number of sulfone groups is 1. The molecule has 0 saturated carbocycles. The number of halogens is 5. The van der Waals surface area contributed by atoms with Gasteiger partial charge in [0.25, 0.3) is 0 Å². The number of rotatable bonds is 4. The molecule has 2 rings (SSSR count). The maximum Gasteiger partial charge on any atom is 0.418 e. The Hall–Kier alpha value is -1.16. The molecule has 4 nitrogen and oxygen atoms in total. The SMILES string of the molecule is CC(C)CCC1(C)C(N)=NC(c2cc(Br)ccc2F)(C(F)(F)F)CS1(=O)=O. The van der Waals surface area contributed by atoms with Crippen LogP contribution in [0.3, 0.4) is 0 Å². The summed E-state index contributed by atoms with van der Waals surface area (Å²) in [5.41, 5.74) is 1.65. The smallest absolute Gasteiger partial charge is 0.386 e. The second-order valence-corrected chi connectivity index (χ2v) is 10.7. The van der Waals surface area contributed by atoms with Crippen LogP contribution in [-0.2, 0) is 15.4 Å². The number of hydrogen-bond acceptors (Lipinski definition) is 4. The van der Waals surface area contributed by atoms with Crippen molar-refractivity contribution in [3.63, 3.8) is 0 Å². The van der Waals surface area contributed by atoms with Crippen LogP contribution in [0.2, 0.25) is 0 Å². The molecule has 0 aromatic heterocycles. The molecule has 0 radical (unpaired) electrons. The van der Waals surface area contributed by atoms with Gasteiger partial charge in [0.05, 0.1) is 5.75 Å². The van der Waals surface area contributed by atoms with Crippen LogP contribution in [0.25, 0.3) is 0 Å². The number of benzene rings is 1. The fraction of sp³-hybridized carbons (Fsp3) is 0.588. The quantitative estimate of drug-likeness (QED) is 0.662. The number of aliphatic imine (C=N–C) groups is 1. The summed E-state index contributed by atoms with van der Waals surface area (Å²) in [6, 6.07) is 2.95. The molecule has 0 spiro atoms. The molecular formula is C17H21BrF4N2O2S. The Morgan fingerprint density at radius 2 is 1.93 bits per heavy atom. The van der Waals surface area contributed by atoms with Crippen LogP contribution in [0.4, 0.5) is 17.6 Å². The zero-order valence-electron chi connectivity index (χ0n) is 15.1. The molecule has 1 aromatic carbocycles. The third-order valence-electron chi connectivity index (χ3n) is 4.98. The number of nitrogens with two attached hydrogens (primary N) is 1. The van der Waals surface area contributed by atoms with Crippen LogP contribution >= 0.6 is 15.9 Å². The molecule has 0 bridgehead atoms. The molecule has 2 N–H and O–H groups in total. The predicted octanol–water partition coefficient (Wildman–Crippen LogP) is 4.33. The summed E-state index contributed by atoms with van der Waals surface area (Å²) in [7, 11) is -4.39.